The van der Waals surface area contributed by atoms with E-state index in [9.17, 15) is 4.79 Å². The Balaban J connectivity index is 2.07. The highest BCUT2D eigenvalue weighted by Gasteiger charge is 2.15. The number of rotatable bonds is 3. The number of hydrogen-bond donors (Lipinski definition) is 0. The van der Waals surface area contributed by atoms with Gasteiger partial charge in [-0.25, -0.2) is 0 Å². The summed E-state index contributed by atoms with van der Waals surface area (Å²) in [6.45, 7) is 1.94. The molecule has 0 saturated heterocycles. The number of halogens is 1. The van der Waals surface area contributed by atoms with Crippen LogP contribution in [0.15, 0.2) is 29.8 Å². The Bertz CT molecular complexity index is 763. The molecule has 0 unspecified atom stereocenters. The van der Waals surface area contributed by atoms with E-state index in [4.69, 9.17) is 16.3 Å². The summed E-state index contributed by atoms with van der Waals surface area (Å²) in [7, 11) is 0. The zero-order valence-corrected chi connectivity index (χ0v) is 11.5. The molecule has 3 aromatic rings. The number of imidazole rings is 1. The molecule has 0 fully saturated rings. The standard InChI is InChI=1S/C13H9ClN2O2S/c1-8-2-3-9(14)11(6-8)18-12-10(7-17)16-4-5-19-13(16)15-12/h2-7H,1H3. The molecule has 96 valence electrons. The van der Waals surface area contributed by atoms with Gasteiger partial charge in [-0.15, -0.1) is 11.3 Å². The molecule has 0 radical (unpaired) electrons. The van der Waals surface area contributed by atoms with Crippen LogP contribution in [-0.2, 0) is 0 Å². The van der Waals surface area contributed by atoms with E-state index in [0.717, 1.165) is 11.8 Å². The van der Waals surface area contributed by atoms with Crippen LogP contribution in [0.3, 0.4) is 0 Å². The maximum atomic E-state index is 11.2. The van der Waals surface area contributed by atoms with Gasteiger partial charge in [-0.3, -0.25) is 9.20 Å². The maximum Gasteiger partial charge on any atom is 0.250 e. The van der Waals surface area contributed by atoms with Crippen LogP contribution >= 0.6 is 22.9 Å². The van der Waals surface area contributed by atoms with Crippen molar-refractivity contribution < 1.29 is 9.53 Å². The predicted octanol–water partition coefficient (Wildman–Crippen LogP) is 3.96. The normalized spacial score (nSPS) is 10.8. The second-order valence-corrected chi connectivity index (χ2v) is 5.29. The van der Waals surface area contributed by atoms with Crippen LogP contribution in [0.4, 0.5) is 0 Å². The van der Waals surface area contributed by atoms with Crippen molar-refractivity contribution in [1.29, 1.82) is 0 Å². The number of thiazole rings is 1. The summed E-state index contributed by atoms with van der Waals surface area (Å²) < 4.78 is 7.36. The van der Waals surface area contributed by atoms with Gasteiger partial charge in [0.15, 0.2) is 16.9 Å². The van der Waals surface area contributed by atoms with E-state index in [0.29, 0.717) is 21.4 Å². The van der Waals surface area contributed by atoms with Crippen molar-refractivity contribution in [1.82, 2.24) is 9.38 Å². The number of aromatic nitrogens is 2. The number of aryl methyl sites for hydroxylation is 1. The Morgan fingerprint density at radius 1 is 1.47 bits per heavy atom. The third-order valence-electron chi connectivity index (χ3n) is 2.67. The summed E-state index contributed by atoms with van der Waals surface area (Å²) in [6, 6.07) is 5.46. The van der Waals surface area contributed by atoms with Gasteiger partial charge in [-0.1, -0.05) is 17.7 Å². The maximum absolute atomic E-state index is 11.2. The van der Waals surface area contributed by atoms with E-state index < -0.39 is 0 Å². The molecular weight excluding hydrogens is 284 g/mol. The van der Waals surface area contributed by atoms with Crippen molar-refractivity contribution in [2.45, 2.75) is 6.92 Å². The van der Waals surface area contributed by atoms with Gasteiger partial charge in [0.1, 0.15) is 5.75 Å². The van der Waals surface area contributed by atoms with Crippen molar-refractivity contribution in [3.8, 4) is 11.6 Å². The van der Waals surface area contributed by atoms with Crippen LogP contribution in [-0.4, -0.2) is 15.7 Å². The number of carbonyl (C=O) groups excluding carboxylic acids is 1. The first-order chi connectivity index (χ1) is 9.19. The number of fused-ring (bicyclic) bond motifs is 1. The minimum Gasteiger partial charge on any atom is -0.435 e. The van der Waals surface area contributed by atoms with Crippen molar-refractivity contribution in [3.05, 3.63) is 46.1 Å². The predicted molar refractivity (Wildman–Crippen MR) is 74.7 cm³/mol. The molecule has 2 heterocycles. The van der Waals surface area contributed by atoms with E-state index in [1.54, 1.807) is 16.7 Å². The van der Waals surface area contributed by atoms with Crippen LogP contribution in [0.2, 0.25) is 5.02 Å². The first kappa shape index (κ1) is 12.2. The molecule has 0 saturated carbocycles. The Labute approximate surface area is 118 Å². The summed E-state index contributed by atoms with van der Waals surface area (Å²) in [4.78, 5) is 16.2. The number of aldehydes is 1. The van der Waals surface area contributed by atoms with Crippen molar-refractivity contribution in [2.24, 2.45) is 0 Å². The summed E-state index contributed by atoms with van der Waals surface area (Å²) in [5.74, 6) is 0.768. The molecular formula is C13H9ClN2O2S. The van der Waals surface area contributed by atoms with E-state index in [-0.39, 0.29) is 5.88 Å². The lowest BCUT2D eigenvalue weighted by molar-refractivity contribution is 0.111. The van der Waals surface area contributed by atoms with Gasteiger partial charge < -0.3 is 4.74 Å². The molecule has 4 nitrogen and oxygen atoms in total. The van der Waals surface area contributed by atoms with Gasteiger partial charge in [0, 0.05) is 11.6 Å². The van der Waals surface area contributed by atoms with Gasteiger partial charge in [0.05, 0.1) is 5.02 Å². The van der Waals surface area contributed by atoms with Crippen LogP contribution in [0, 0.1) is 6.92 Å². The average Bonchev–Trinajstić information content (AvgIpc) is 2.94. The molecule has 0 atom stereocenters. The fourth-order valence-corrected chi connectivity index (χ4v) is 2.63. The quantitative estimate of drug-likeness (QED) is 0.686. The van der Waals surface area contributed by atoms with Gasteiger partial charge in [0.2, 0.25) is 5.88 Å². The molecule has 2 aromatic heterocycles. The SMILES string of the molecule is Cc1ccc(Cl)c(Oc2nc3sccn3c2C=O)c1. The fraction of sp³-hybridized carbons (Fsp3) is 0.0769. The van der Waals surface area contributed by atoms with Gasteiger partial charge in [-0.2, -0.15) is 4.98 Å². The first-order valence-electron chi connectivity index (χ1n) is 5.54. The van der Waals surface area contributed by atoms with E-state index >= 15 is 0 Å². The van der Waals surface area contributed by atoms with Crippen LogP contribution in [0.25, 0.3) is 4.96 Å². The number of nitrogens with zero attached hydrogens (tertiary/aromatic N) is 2. The van der Waals surface area contributed by atoms with Crippen molar-refractivity contribution in [2.75, 3.05) is 0 Å². The highest BCUT2D eigenvalue weighted by molar-refractivity contribution is 7.15. The van der Waals surface area contributed by atoms with Gasteiger partial charge in [0.25, 0.3) is 0 Å². The van der Waals surface area contributed by atoms with E-state index in [2.05, 4.69) is 4.98 Å². The second kappa shape index (κ2) is 4.68. The molecule has 0 aliphatic carbocycles. The molecule has 6 heteroatoms. The Kier molecular flexibility index (Phi) is 3.00. The summed E-state index contributed by atoms with van der Waals surface area (Å²) in [5.41, 5.74) is 1.40. The molecule has 0 spiro atoms. The number of hydrogen-bond acceptors (Lipinski definition) is 4. The number of carbonyl (C=O) groups is 1. The average molecular weight is 293 g/mol. The first-order valence-corrected chi connectivity index (χ1v) is 6.79. The van der Waals surface area contributed by atoms with Crippen LogP contribution in [0.1, 0.15) is 16.1 Å². The highest BCUT2D eigenvalue weighted by Crippen LogP contribution is 2.32. The lowest BCUT2D eigenvalue weighted by atomic mass is 10.2. The molecule has 3 rings (SSSR count). The number of benzene rings is 1. The molecule has 19 heavy (non-hydrogen) atoms. The third-order valence-corrected chi connectivity index (χ3v) is 3.74. The molecule has 0 aliphatic rings. The largest absolute Gasteiger partial charge is 0.435 e. The number of ether oxygens (including phenoxy) is 1. The van der Waals surface area contributed by atoms with Gasteiger partial charge >= 0.3 is 0 Å². The fourth-order valence-electron chi connectivity index (χ4n) is 1.76. The van der Waals surface area contributed by atoms with Crippen molar-refractivity contribution >= 4 is 34.2 Å². The smallest absolute Gasteiger partial charge is 0.250 e. The van der Waals surface area contributed by atoms with Crippen molar-refractivity contribution in [3.63, 3.8) is 0 Å². The Morgan fingerprint density at radius 3 is 3.11 bits per heavy atom. The highest BCUT2D eigenvalue weighted by atomic mass is 35.5. The Morgan fingerprint density at radius 2 is 2.32 bits per heavy atom. The summed E-state index contributed by atoms with van der Waals surface area (Å²) in [6.07, 6.45) is 2.51. The molecule has 0 aliphatic heterocycles. The minimum atomic E-state index is 0.273. The Hall–Kier alpha value is -1.85. The van der Waals surface area contributed by atoms with Gasteiger partial charge in [-0.05, 0) is 24.6 Å². The van der Waals surface area contributed by atoms with Crippen LogP contribution in [0.5, 0.6) is 11.6 Å². The molecule has 0 amide bonds. The second-order valence-electron chi connectivity index (χ2n) is 4.01. The lowest BCUT2D eigenvalue weighted by Crippen LogP contribution is -1.92. The topological polar surface area (TPSA) is 43.6 Å². The molecule has 1 aromatic carbocycles. The zero-order chi connectivity index (χ0) is 13.4. The summed E-state index contributed by atoms with van der Waals surface area (Å²) in [5, 5.41) is 2.34. The lowest BCUT2D eigenvalue weighted by Gasteiger charge is -2.06. The van der Waals surface area contributed by atoms with E-state index in [1.165, 1.54) is 11.3 Å². The molecule has 0 bridgehead atoms. The summed E-state index contributed by atoms with van der Waals surface area (Å²) >= 11 is 7.50. The minimum absolute atomic E-state index is 0.273. The monoisotopic (exact) mass is 292 g/mol. The zero-order valence-electron chi connectivity index (χ0n) is 9.96. The van der Waals surface area contributed by atoms with Crippen LogP contribution < -0.4 is 4.74 Å². The third kappa shape index (κ3) is 2.11. The molecule has 0 N–H and O–H groups in total. The van der Waals surface area contributed by atoms with E-state index in [1.807, 2.05) is 24.4 Å².